The zero-order valence-corrected chi connectivity index (χ0v) is 10.2. The largest absolute Gasteiger partial charge is 0.496 e. The molecule has 0 radical (unpaired) electrons. The Kier molecular flexibility index (Phi) is 6.65. The minimum Gasteiger partial charge on any atom is -0.496 e. The van der Waals surface area contributed by atoms with Crippen LogP contribution in [-0.2, 0) is 9.47 Å². The fraction of sp³-hybridized carbons (Fsp3) is 0.500. The van der Waals surface area contributed by atoms with Gasteiger partial charge in [0.2, 0.25) is 0 Å². The first-order valence-electron chi connectivity index (χ1n) is 5.01. The minimum atomic E-state index is -4.47. The first kappa shape index (κ1) is 15.8. The highest BCUT2D eigenvalue weighted by Crippen LogP contribution is 2.32. The van der Waals surface area contributed by atoms with Gasteiger partial charge in [0.05, 0.1) is 19.3 Å². The van der Waals surface area contributed by atoms with Crippen molar-refractivity contribution < 1.29 is 22.6 Å². The van der Waals surface area contributed by atoms with Gasteiger partial charge in [0.1, 0.15) is 5.76 Å². The molecule has 0 N–H and O–H groups in total. The van der Waals surface area contributed by atoms with Crippen LogP contribution < -0.4 is 0 Å². The molecule has 0 aliphatic rings. The zero-order valence-electron chi connectivity index (χ0n) is 10.2. The summed E-state index contributed by atoms with van der Waals surface area (Å²) < 4.78 is 48.0. The number of methoxy groups -OCH3 is 2. The van der Waals surface area contributed by atoms with Crippen molar-refractivity contribution in [1.82, 2.24) is 0 Å². The third-order valence-corrected chi connectivity index (χ3v) is 1.94. The van der Waals surface area contributed by atoms with Gasteiger partial charge in [-0.3, -0.25) is 0 Å². The molecule has 2 nitrogen and oxygen atoms in total. The molecule has 0 aromatic carbocycles. The predicted molar refractivity (Wildman–Crippen MR) is 60.5 cm³/mol. The van der Waals surface area contributed by atoms with Crippen LogP contribution in [0.15, 0.2) is 36.1 Å². The van der Waals surface area contributed by atoms with Gasteiger partial charge >= 0.3 is 6.18 Å². The van der Waals surface area contributed by atoms with Crippen molar-refractivity contribution in [3.63, 3.8) is 0 Å². The Balaban J connectivity index is 5.27. The summed E-state index contributed by atoms with van der Waals surface area (Å²) in [4.78, 5) is 0. The Labute approximate surface area is 99.4 Å². The standard InChI is InChI=1S/C12H17F3O2/c1-5-6-11(17-4)10(12(13,14)15)7-9(2)8-16-3/h5-7,9H,1,8H2,2-4H3/b10-7+,11-6+. The third kappa shape index (κ3) is 5.58. The van der Waals surface area contributed by atoms with Gasteiger partial charge < -0.3 is 9.47 Å². The van der Waals surface area contributed by atoms with Crippen molar-refractivity contribution in [3.05, 3.63) is 36.1 Å². The van der Waals surface area contributed by atoms with Crippen LogP contribution in [0.5, 0.6) is 0 Å². The second kappa shape index (κ2) is 7.17. The Bertz CT molecular complexity index is 303. The van der Waals surface area contributed by atoms with Crippen LogP contribution in [0, 0.1) is 5.92 Å². The molecule has 0 aromatic rings. The molecule has 0 bridgehead atoms. The van der Waals surface area contributed by atoms with Crippen LogP contribution in [0.2, 0.25) is 0 Å². The van der Waals surface area contributed by atoms with Gasteiger partial charge in [-0.1, -0.05) is 25.7 Å². The molecule has 0 aromatic heterocycles. The summed E-state index contributed by atoms with van der Waals surface area (Å²) >= 11 is 0. The van der Waals surface area contributed by atoms with Gasteiger partial charge in [-0.2, -0.15) is 13.2 Å². The highest BCUT2D eigenvalue weighted by atomic mass is 19.4. The van der Waals surface area contributed by atoms with Crippen LogP contribution >= 0.6 is 0 Å². The van der Waals surface area contributed by atoms with Crippen molar-refractivity contribution in [2.24, 2.45) is 5.92 Å². The van der Waals surface area contributed by atoms with E-state index in [1.807, 2.05) is 0 Å². The smallest absolute Gasteiger partial charge is 0.419 e. The van der Waals surface area contributed by atoms with E-state index in [1.165, 1.54) is 26.4 Å². The fourth-order valence-electron chi connectivity index (χ4n) is 1.29. The summed E-state index contributed by atoms with van der Waals surface area (Å²) in [5, 5.41) is 0. The molecule has 0 saturated carbocycles. The molecule has 0 fully saturated rings. The summed E-state index contributed by atoms with van der Waals surface area (Å²) in [5.74, 6) is -0.615. The quantitative estimate of drug-likeness (QED) is 0.531. The van der Waals surface area contributed by atoms with E-state index in [4.69, 9.17) is 9.47 Å². The zero-order chi connectivity index (χ0) is 13.5. The van der Waals surface area contributed by atoms with Gasteiger partial charge in [-0.15, -0.1) is 0 Å². The van der Waals surface area contributed by atoms with Gasteiger partial charge in [0, 0.05) is 7.11 Å². The first-order valence-corrected chi connectivity index (χ1v) is 5.01. The lowest BCUT2D eigenvalue weighted by Gasteiger charge is -2.16. The average molecular weight is 250 g/mol. The van der Waals surface area contributed by atoms with E-state index in [2.05, 4.69) is 6.58 Å². The van der Waals surface area contributed by atoms with Crippen LogP contribution in [-0.4, -0.2) is 27.0 Å². The molecule has 1 unspecified atom stereocenters. The van der Waals surface area contributed by atoms with Crippen molar-refractivity contribution in [3.8, 4) is 0 Å². The van der Waals surface area contributed by atoms with Crippen molar-refractivity contribution in [2.75, 3.05) is 20.8 Å². The normalized spacial score (nSPS) is 15.6. The van der Waals surface area contributed by atoms with E-state index >= 15 is 0 Å². The van der Waals surface area contributed by atoms with Crippen molar-refractivity contribution >= 4 is 0 Å². The van der Waals surface area contributed by atoms with E-state index < -0.39 is 11.7 Å². The number of halogens is 3. The maximum Gasteiger partial charge on any atom is 0.419 e. The highest BCUT2D eigenvalue weighted by molar-refractivity contribution is 5.33. The molecule has 17 heavy (non-hydrogen) atoms. The average Bonchev–Trinajstić information content (AvgIpc) is 2.22. The summed E-state index contributed by atoms with van der Waals surface area (Å²) in [6, 6.07) is 0. The topological polar surface area (TPSA) is 18.5 Å². The molecule has 0 rings (SSSR count). The van der Waals surface area contributed by atoms with Crippen LogP contribution in [0.1, 0.15) is 6.92 Å². The predicted octanol–water partition coefficient (Wildman–Crippen LogP) is 3.47. The van der Waals surface area contributed by atoms with Crippen molar-refractivity contribution in [2.45, 2.75) is 13.1 Å². The SMILES string of the molecule is C=C/C=C(OC)\C(=C/C(C)COC)C(F)(F)F. The number of rotatable bonds is 6. The van der Waals surface area contributed by atoms with Crippen LogP contribution in [0.25, 0.3) is 0 Å². The second-order valence-electron chi connectivity index (χ2n) is 3.48. The third-order valence-electron chi connectivity index (χ3n) is 1.94. The van der Waals surface area contributed by atoms with Gasteiger partial charge in [0.25, 0.3) is 0 Å². The molecule has 5 heteroatoms. The molecular weight excluding hydrogens is 233 g/mol. The fourth-order valence-corrected chi connectivity index (χ4v) is 1.29. The van der Waals surface area contributed by atoms with E-state index in [-0.39, 0.29) is 18.3 Å². The summed E-state index contributed by atoms with van der Waals surface area (Å²) in [7, 11) is 2.63. The van der Waals surface area contributed by atoms with Crippen molar-refractivity contribution in [1.29, 1.82) is 0 Å². The molecule has 0 aliphatic heterocycles. The van der Waals surface area contributed by atoms with Gasteiger partial charge in [0.15, 0.2) is 0 Å². The first-order chi connectivity index (χ1) is 7.86. The Morgan fingerprint density at radius 1 is 1.35 bits per heavy atom. The van der Waals surface area contributed by atoms with E-state index in [0.29, 0.717) is 0 Å². The Hall–Kier alpha value is -1.23. The lowest BCUT2D eigenvalue weighted by Crippen LogP contribution is -2.17. The lowest BCUT2D eigenvalue weighted by atomic mass is 10.1. The Morgan fingerprint density at radius 3 is 2.29 bits per heavy atom. The molecular formula is C12H17F3O2. The minimum absolute atomic E-state index is 0.213. The number of hydrogen-bond donors (Lipinski definition) is 0. The number of hydrogen-bond acceptors (Lipinski definition) is 2. The molecule has 98 valence electrons. The van der Waals surface area contributed by atoms with E-state index in [1.54, 1.807) is 6.92 Å². The highest BCUT2D eigenvalue weighted by Gasteiger charge is 2.36. The molecule has 1 atom stereocenters. The number of allylic oxidation sites excluding steroid dienone is 3. The van der Waals surface area contributed by atoms with Crippen LogP contribution in [0.4, 0.5) is 13.2 Å². The monoisotopic (exact) mass is 250 g/mol. The van der Waals surface area contributed by atoms with Gasteiger partial charge in [-0.05, 0) is 12.0 Å². The molecule has 0 saturated heterocycles. The Morgan fingerprint density at radius 2 is 1.94 bits per heavy atom. The van der Waals surface area contributed by atoms with E-state index in [9.17, 15) is 13.2 Å². The molecule has 0 spiro atoms. The van der Waals surface area contributed by atoms with Gasteiger partial charge in [-0.25, -0.2) is 0 Å². The maximum absolute atomic E-state index is 12.8. The molecule has 0 aliphatic carbocycles. The molecule has 0 amide bonds. The summed E-state index contributed by atoms with van der Waals surface area (Å²) in [6.07, 6.45) is -0.951. The lowest BCUT2D eigenvalue weighted by molar-refractivity contribution is -0.0938. The molecule has 0 heterocycles. The van der Waals surface area contributed by atoms with E-state index in [0.717, 1.165) is 6.08 Å². The second-order valence-corrected chi connectivity index (χ2v) is 3.48. The summed E-state index contributed by atoms with van der Waals surface area (Å²) in [6.45, 7) is 5.20. The number of alkyl halides is 3. The number of ether oxygens (including phenoxy) is 2. The maximum atomic E-state index is 12.8. The summed E-state index contributed by atoms with van der Waals surface area (Å²) in [5.41, 5.74) is -0.815. The van der Waals surface area contributed by atoms with Crippen LogP contribution in [0.3, 0.4) is 0 Å².